The fraction of sp³-hybridized carbons (Fsp3) is 1.00. The standard InChI is InChI=1S/C9H2F18O/c10-2(11,4(12,13)8(22,23)24)1-28-3(6(16,17)18,7(19,20)21)5(14,15)9(25,26)27/h1H2. The van der Waals surface area contributed by atoms with Crippen LogP contribution < -0.4 is 0 Å². The average Bonchev–Trinajstić information content (AvgIpc) is 2.31. The molecule has 0 aliphatic heterocycles. The SMILES string of the molecule is FC(F)(F)C(F)(F)C(F)(F)COC(C(F)(F)F)(C(F)(F)F)C(F)(F)C(F)(F)F. The molecule has 0 N–H and O–H groups in total. The molecule has 0 bridgehead atoms. The average molecular weight is 468 g/mol. The van der Waals surface area contributed by atoms with Crippen LogP contribution in [0.1, 0.15) is 0 Å². The third-order valence-corrected chi connectivity index (χ3v) is 2.88. The van der Waals surface area contributed by atoms with Gasteiger partial charge in [0.15, 0.2) is 0 Å². The summed E-state index contributed by atoms with van der Waals surface area (Å²) in [5.74, 6) is -22.7. The van der Waals surface area contributed by atoms with E-state index in [1.165, 1.54) is 0 Å². The molecule has 0 fully saturated rings. The van der Waals surface area contributed by atoms with Gasteiger partial charge in [0.05, 0.1) is 0 Å². The van der Waals surface area contributed by atoms with Gasteiger partial charge in [-0.1, -0.05) is 0 Å². The normalized spacial score (nSPS) is 16.5. The highest BCUT2D eigenvalue weighted by atomic mass is 19.4. The highest BCUT2D eigenvalue weighted by Gasteiger charge is 2.91. The highest BCUT2D eigenvalue weighted by molar-refractivity contribution is 5.10. The Morgan fingerprint density at radius 2 is 0.679 bits per heavy atom. The zero-order valence-electron chi connectivity index (χ0n) is 11.9. The van der Waals surface area contributed by atoms with E-state index in [-0.39, 0.29) is 0 Å². The topological polar surface area (TPSA) is 9.23 Å². The summed E-state index contributed by atoms with van der Waals surface area (Å²) in [5.41, 5.74) is -7.93. The van der Waals surface area contributed by atoms with Gasteiger partial charge in [0.1, 0.15) is 6.61 Å². The number of hydrogen-bond donors (Lipinski definition) is 0. The molecule has 0 saturated carbocycles. The Kier molecular flexibility index (Phi) is 6.30. The summed E-state index contributed by atoms with van der Waals surface area (Å²) in [5, 5.41) is 0. The molecule has 0 heterocycles. The van der Waals surface area contributed by atoms with E-state index < -0.39 is 54.7 Å². The minimum atomic E-state index is -8.14. The van der Waals surface area contributed by atoms with Crippen LogP contribution in [0.2, 0.25) is 0 Å². The molecule has 0 spiro atoms. The maximum atomic E-state index is 13.0. The molecule has 28 heavy (non-hydrogen) atoms. The van der Waals surface area contributed by atoms with Crippen LogP contribution in [0.4, 0.5) is 79.0 Å². The second-order valence-corrected chi connectivity index (χ2v) is 4.81. The third kappa shape index (κ3) is 3.89. The van der Waals surface area contributed by atoms with Crippen LogP contribution in [0.5, 0.6) is 0 Å². The van der Waals surface area contributed by atoms with Crippen LogP contribution >= 0.6 is 0 Å². The minimum absolute atomic E-state index is 1.85. The van der Waals surface area contributed by atoms with Crippen molar-refractivity contribution in [2.24, 2.45) is 0 Å². The Morgan fingerprint density at radius 1 is 0.393 bits per heavy atom. The number of alkyl halides is 18. The van der Waals surface area contributed by atoms with Crippen molar-refractivity contribution in [1.82, 2.24) is 0 Å². The molecule has 0 atom stereocenters. The number of ether oxygens (including phenoxy) is 1. The van der Waals surface area contributed by atoms with Crippen molar-refractivity contribution in [2.45, 2.75) is 48.1 Å². The molecule has 0 aromatic rings. The molecule has 0 aliphatic carbocycles. The van der Waals surface area contributed by atoms with Gasteiger partial charge in [-0.2, -0.15) is 79.0 Å². The molecule has 1 nitrogen and oxygen atoms in total. The summed E-state index contributed by atoms with van der Waals surface area (Å²) in [4.78, 5) is 0. The molecule has 170 valence electrons. The molecular weight excluding hydrogens is 466 g/mol. The van der Waals surface area contributed by atoms with Gasteiger partial charge >= 0.3 is 48.1 Å². The van der Waals surface area contributed by atoms with Crippen LogP contribution in [-0.4, -0.2) is 54.7 Å². The van der Waals surface area contributed by atoms with Crippen LogP contribution in [0.3, 0.4) is 0 Å². The number of rotatable bonds is 5. The van der Waals surface area contributed by atoms with Gasteiger partial charge in [-0.15, -0.1) is 0 Å². The second-order valence-electron chi connectivity index (χ2n) is 4.81. The lowest BCUT2D eigenvalue weighted by atomic mass is 9.92. The zero-order chi connectivity index (χ0) is 23.4. The summed E-state index contributed by atoms with van der Waals surface area (Å²) in [6, 6.07) is 0. The van der Waals surface area contributed by atoms with Gasteiger partial charge in [0, 0.05) is 0 Å². The third-order valence-electron chi connectivity index (χ3n) is 2.88. The fourth-order valence-electron chi connectivity index (χ4n) is 1.47. The van der Waals surface area contributed by atoms with E-state index in [2.05, 4.69) is 0 Å². The van der Waals surface area contributed by atoms with Crippen molar-refractivity contribution in [3.63, 3.8) is 0 Å². The Balaban J connectivity index is 6.60. The van der Waals surface area contributed by atoms with Crippen molar-refractivity contribution in [3.05, 3.63) is 0 Å². The van der Waals surface area contributed by atoms with Gasteiger partial charge in [-0.3, -0.25) is 0 Å². The number of halogens is 18. The first-order valence-corrected chi connectivity index (χ1v) is 5.75. The second kappa shape index (κ2) is 6.61. The predicted octanol–water partition coefficient (Wildman–Crippen LogP) is 5.90. The first-order chi connectivity index (χ1) is 11.7. The van der Waals surface area contributed by atoms with Gasteiger partial charge in [-0.25, -0.2) is 0 Å². The van der Waals surface area contributed by atoms with Crippen molar-refractivity contribution >= 4 is 0 Å². The van der Waals surface area contributed by atoms with E-state index in [9.17, 15) is 79.0 Å². The highest BCUT2D eigenvalue weighted by Crippen LogP contribution is 2.60. The van der Waals surface area contributed by atoms with Gasteiger partial charge < -0.3 is 4.74 Å². The lowest BCUT2D eigenvalue weighted by Crippen LogP contribution is -2.74. The van der Waals surface area contributed by atoms with Crippen molar-refractivity contribution < 1.29 is 83.8 Å². The largest absolute Gasteiger partial charge is 0.459 e. The van der Waals surface area contributed by atoms with E-state index in [1.54, 1.807) is 0 Å². The maximum Gasteiger partial charge on any atom is 0.459 e. The lowest BCUT2D eigenvalue weighted by molar-refractivity contribution is -0.481. The molecule has 0 radical (unpaired) electrons. The van der Waals surface area contributed by atoms with Gasteiger partial charge in [-0.05, 0) is 0 Å². The van der Waals surface area contributed by atoms with E-state index in [0.717, 1.165) is 0 Å². The monoisotopic (exact) mass is 468 g/mol. The van der Waals surface area contributed by atoms with Crippen LogP contribution in [0.25, 0.3) is 0 Å². The van der Waals surface area contributed by atoms with E-state index in [1.807, 2.05) is 4.74 Å². The van der Waals surface area contributed by atoms with Crippen molar-refractivity contribution in [2.75, 3.05) is 6.61 Å². The molecule has 19 heteroatoms. The molecular formula is C9H2F18O. The number of hydrogen-bond acceptors (Lipinski definition) is 1. The first kappa shape index (κ1) is 26.7. The summed E-state index contributed by atoms with van der Waals surface area (Å²) in [7, 11) is 0. The smallest absolute Gasteiger partial charge is 0.347 e. The summed E-state index contributed by atoms with van der Waals surface area (Å²) in [6.07, 6.45) is -31.1. The van der Waals surface area contributed by atoms with Crippen LogP contribution in [0.15, 0.2) is 0 Å². The van der Waals surface area contributed by atoms with E-state index in [4.69, 9.17) is 0 Å². The Bertz CT molecular complexity index is 529. The van der Waals surface area contributed by atoms with Crippen LogP contribution in [-0.2, 0) is 4.74 Å². The van der Waals surface area contributed by atoms with E-state index in [0.29, 0.717) is 0 Å². The Labute approximate surface area is 140 Å². The summed E-state index contributed by atoms with van der Waals surface area (Å²) >= 11 is 0. The Morgan fingerprint density at radius 3 is 0.893 bits per heavy atom. The van der Waals surface area contributed by atoms with Crippen molar-refractivity contribution in [3.8, 4) is 0 Å². The summed E-state index contributed by atoms with van der Waals surface area (Å²) in [6.45, 7) is -4.47. The molecule has 0 rings (SSSR count). The summed E-state index contributed by atoms with van der Waals surface area (Å²) < 4.78 is 225. The molecule has 0 aromatic carbocycles. The minimum Gasteiger partial charge on any atom is -0.347 e. The van der Waals surface area contributed by atoms with Crippen molar-refractivity contribution in [1.29, 1.82) is 0 Å². The first-order valence-electron chi connectivity index (χ1n) is 5.75. The van der Waals surface area contributed by atoms with Gasteiger partial charge in [0.2, 0.25) is 0 Å². The molecule has 0 saturated heterocycles. The maximum absolute atomic E-state index is 13.0. The van der Waals surface area contributed by atoms with Gasteiger partial charge in [0.25, 0.3) is 0 Å². The fourth-order valence-corrected chi connectivity index (χ4v) is 1.47. The molecule has 0 aliphatic rings. The van der Waals surface area contributed by atoms with Crippen LogP contribution in [0, 0.1) is 0 Å². The lowest BCUT2D eigenvalue weighted by Gasteiger charge is -2.43. The molecule has 0 aromatic heterocycles. The Hall–Kier alpha value is -1.30. The molecule has 0 amide bonds. The molecule has 0 unspecified atom stereocenters. The predicted molar refractivity (Wildman–Crippen MR) is 47.7 cm³/mol. The zero-order valence-corrected chi connectivity index (χ0v) is 11.9. The van der Waals surface area contributed by atoms with E-state index >= 15 is 0 Å². The quantitative estimate of drug-likeness (QED) is 0.457.